The lowest BCUT2D eigenvalue weighted by Gasteiger charge is -2.15. The monoisotopic (exact) mass is 247 g/mol. The molecule has 1 aliphatic rings. The van der Waals surface area contributed by atoms with Crippen LogP contribution in [0.1, 0.15) is 19.3 Å². The van der Waals surface area contributed by atoms with Crippen LogP contribution in [0.4, 0.5) is 4.79 Å². The number of carbonyl (C=O) groups excluding carboxylic acids is 1. The topological polar surface area (TPSA) is 108 Å². The van der Waals surface area contributed by atoms with Crippen molar-refractivity contribution in [3.8, 4) is 6.07 Å². The van der Waals surface area contributed by atoms with Crippen LogP contribution in [0.25, 0.3) is 0 Å². The van der Waals surface area contributed by atoms with Crippen LogP contribution >= 0.6 is 0 Å². The molecule has 1 saturated carbocycles. The Balaban J connectivity index is 2.59. The molecule has 0 heterocycles. The van der Waals surface area contributed by atoms with Crippen molar-refractivity contribution in [1.82, 2.24) is 9.44 Å². The van der Waals surface area contributed by atoms with Crippen molar-refractivity contribution in [2.24, 2.45) is 5.92 Å². The van der Waals surface area contributed by atoms with E-state index in [0.717, 1.165) is 13.5 Å². The van der Waals surface area contributed by atoms with Crippen molar-refractivity contribution in [2.45, 2.75) is 25.3 Å². The SMILES string of the molecule is COC(=O)NS(=O)(=O)NC1CCCC1C#N. The van der Waals surface area contributed by atoms with Crippen molar-refractivity contribution in [3.05, 3.63) is 0 Å². The molecule has 1 aliphatic carbocycles. The van der Waals surface area contributed by atoms with Gasteiger partial charge < -0.3 is 4.74 Å². The Morgan fingerprint density at radius 1 is 1.50 bits per heavy atom. The zero-order chi connectivity index (χ0) is 12.2. The molecule has 1 rings (SSSR count). The van der Waals surface area contributed by atoms with Crippen LogP contribution in [-0.2, 0) is 14.9 Å². The van der Waals surface area contributed by atoms with Crippen LogP contribution in [-0.4, -0.2) is 27.7 Å². The lowest BCUT2D eigenvalue weighted by molar-refractivity contribution is 0.177. The maximum atomic E-state index is 11.4. The third kappa shape index (κ3) is 3.36. The molecule has 1 amide bonds. The number of hydrogen-bond acceptors (Lipinski definition) is 5. The highest BCUT2D eigenvalue weighted by atomic mass is 32.2. The maximum absolute atomic E-state index is 11.4. The van der Waals surface area contributed by atoms with Crippen LogP contribution in [0.15, 0.2) is 0 Å². The van der Waals surface area contributed by atoms with Gasteiger partial charge in [0.1, 0.15) is 0 Å². The van der Waals surface area contributed by atoms with Crippen LogP contribution in [0.2, 0.25) is 0 Å². The minimum absolute atomic E-state index is 0.339. The predicted molar refractivity (Wildman–Crippen MR) is 54.3 cm³/mol. The Morgan fingerprint density at radius 2 is 2.19 bits per heavy atom. The largest absolute Gasteiger partial charge is 0.452 e. The summed E-state index contributed by atoms with van der Waals surface area (Å²) in [4.78, 5) is 10.7. The number of amides is 1. The summed E-state index contributed by atoms with van der Waals surface area (Å²) in [5.41, 5.74) is 0. The van der Waals surface area contributed by atoms with Crippen LogP contribution in [0.3, 0.4) is 0 Å². The minimum Gasteiger partial charge on any atom is -0.452 e. The summed E-state index contributed by atoms with van der Waals surface area (Å²) < 4.78 is 30.9. The van der Waals surface area contributed by atoms with Crippen molar-refractivity contribution < 1.29 is 17.9 Å². The van der Waals surface area contributed by atoms with Crippen molar-refractivity contribution in [2.75, 3.05) is 7.11 Å². The summed E-state index contributed by atoms with van der Waals surface area (Å²) >= 11 is 0. The predicted octanol–water partition coefficient (Wildman–Crippen LogP) is -0.131. The summed E-state index contributed by atoms with van der Waals surface area (Å²) in [6, 6.07) is 1.60. The van der Waals surface area contributed by atoms with E-state index in [1.165, 1.54) is 0 Å². The highest BCUT2D eigenvalue weighted by Gasteiger charge is 2.31. The van der Waals surface area contributed by atoms with Gasteiger partial charge in [-0.3, -0.25) is 0 Å². The van der Waals surface area contributed by atoms with E-state index in [0.29, 0.717) is 12.8 Å². The molecule has 0 radical (unpaired) electrons. The normalized spacial score (nSPS) is 24.8. The van der Waals surface area contributed by atoms with Crippen LogP contribution in [0, 0.1) is 17.2 Å². The van der Waals surface area contributed by atoms with Crippen molar-refractivity contribution >= 4 is 16.3 Å². The van der Waals surface area contributed by atoms with Gasteiger partial charge in [-0.15, -0.1) is 0 Å². The second kappa shape index (κ2) is 5.14. The summed E-state index contributed by atoms with van der Waals surface area (Å²) in [6.07, 6.45) is 1.00. The fourth-order valence-corrected chi connectivity index (χ4v) is 2.68. The fraction of sp³-hybridized carbons (Fsp3) is 0.750. The molecule has 0 spiro atoms. The molecular weight excluding hydrogens is 234 g/mol. The average molecular weight is 247 g/mol. The molecule has 0 aromatic carbocycles. The summed E-state index contributed by atoms with van der Waals surface area (Å²) in [6.45, 7) is 0. The first-order valence-electron chi connectivity index (χ1n) is 4.76. The van der Waals surface area contributed by atoms with Crippen LogP contribution < -0.4 is 9.44 Å². The lowest BCUT2D eigenvalue weighted by atomic mass is 10.1. The number of nitrogens with one attached hydrogen (secondary N) is 2. The van der Waals surface area contributed by atoms with E-state index in [4.69, 9.17) is 5.26 Å². The van der Waals surface area contributed by atoms with E-state index in [2.05, 4.69) is 9.46 Å². The zero-order valence-electron chi connectivity index (χ0n) is 8.76. The van der Waals surface area contributed by atoms with E-state index in [1.807, 2.05) is 6.07 Å². The van der Waals surface area contributed by atoms with E-state index >= 15 is 0 Å². The quantitative estimate of drug-likeness (QED) is 0.722. The second-order valence-electron chi connectivity index (χ2n) is 3.49. The molecule has 0 aliphatic heterocycles. The Hall–Kier alpha value is -1.33. The van der Waals surface area contributed by atoms with Gasteiger partial charge in [0.15, 0.2) is 0 Å². The average Bonchev–Trinajstić information content (AvgIpc) is 2.63. The molecule has 7 nitrogen and oxygen atoms in total. The number of hydrogen-bond donors (Lipinski definition) is 2. The molecule has 0 saturated heterocycles. The molecule has 16 heavy (non-hydrogen) atoms. The van der Waals surface area contributed by atoms with E-state index in [-0.39, 0.29) is 5.92 Å². The number of carbonyl (C=O) groups is 1. The van der Waals surface area contributed by atoms with Crippen LogP contribution in [0.5, 0.6) is 0 Å². The Bertz CT molecular complexity index is 400. The minimum atomic E-state index is -3.94. The zero-order valence-corrected chi connectivity index (χ0v) is 9.58. The van der Waals surface area contributed by atoms with Gasteiger partial charge in [-0.1, -0.05) is 6.42 Å². The van der Waals surface area contributed by atoms with Crippen molar-refractivity contribution in [3.63, 3.8) is 0 Å². The molecular formula is C8H13N3O4S. The van der Waals surface area contributed by atoms with Gasteiger partial charge in [-0.2, -0.15) is 18.4 Å². The van der Waals surface area contributed by atoms with Gasteiger partial charge >= 0.3 is 16.3 Å². The molecule has 0 bridgehead atoms. The molecule has 2 unspecified atom stereocenters. The summed E-state index contributed by atoms with van der Waals surface area (Å²) in [5.74, 6) is -0.339. The number of nitriles is 1. The number of nitrogens with zero attached hydrogens (tertiary/aromatic N) is 1. The Kier molecular flexibility index (Phi) is 4.09. The highest BCUT2D eigenvalue weighted by molar-refractivity contribution is 7.88. The highest BCUT2D eigenvalue weighted by Crippen LogP contribution is 2.25. The van der Waals surface area contributed by atoms with Gasteiger partial charge in [0.25, 0.3) is 0 Å². The molecule has 90 valence electrons. The molecule has 2 N–H and O–H groups in total. The summed E-state index contributed by atoms with van der Waals surface area (Å²) in [7, 11) is -2.88. The first-order chi connectivity index (χ1) is 7.48. The maximum Gasteiger partial charge on any atom is 0.421 e. The van der Waals surface area contributed by atoms with E-state index < -0.39 is 22.3 Å². The molecule has 8 heteroatoms. The first kappa shape index (κ1) is 12.7. The number of ether oxygens (including phenoxy) is 1. The van der Waals surface area contributed by atoms with Gasteiger partial charge in [-0.25, -0.2) is 9.52 Å². The standard InChI is InChI=1S/C8H13N3O4S/c1-15-8(12)11-16(13,14)10-7-4-2-3-6(7)5-9/h6-7,10H,2-4H2,1H3,(H,11,12). The lowest BCUT2D eigenvalue weighted by Crippen LogP contribution is -2.46. The molecule has 0 aromatic rings. The third-order valence-corrected chi connectivity index (χ3v) is 3.44. The van der Waals surface area contributed by atoms with Crippen molar-refractivity contribution in [1.29, 1.82) is 5.26 Å². The Morgan fingerprint density at radius 3 is 2.75 bits per heavy atom. The second-order valence-corrected chi connectivity index (χ2v) is 4.93. The van der Waals surface area contributed by atoms with E-state index in [9.17, 15) is 13.2 Å². The van der Waals surface area contributed by atoms with Gasteiger partial charge in [0.05, 0.1) is 19.1 Å². The fourth-order valence-electron chi connectivity index (χ4n) is 1.64. The Labute approximate surface area is 94.0 Å². The first-order valence-corrected chi connectivity index (χ1v) is 6.24. The summed E-state index contributed by atoms with van der Waals surface area (Å²) in [5, 5.41) is 8.76. The van der Waals surface area contributed by atoms with Gasteiger partial charge in [-0.05, 0) is 12.8 Å². The third-order valence-electron chi connectivity index (χ3n) is 2.39. The molecule has 2 atom stereocenters. The number of methoxy groups -OCH3 is 1. The number of rotatable bonds is 3. The van der Waals surface area contributed by atoms with Gasteiger partial charge in [0, 0.05) is 6.04 Å². The van der Waals surface area contributed by atoms with E-state index in [1.54, 1.807) is 4.72 Å². The molecule has 1 fully saturated rings. The van der Waals surface area contributed by atoms with Gasteiger partial charge in [0.2, 0.25) is 0 Å². The molecule has 0 aromatic heterocycles. The smallest absolute Gasteiger partial charge is 0.421 e.